The number of hydrogen-bond donors (Lipinski definition) is 1. The molecule has 110 valence electrons. The smallest absolute Gasteiger partial charge is 0.187 e. The van der Waals surface area contributed by atoms with Crippen LogP contribution >= 0.6 is 0 Å². The molecule has 3 rings (SSSR count). The van der Waals surface area contributed by atoms with E-state index in [4.69, 9.17) is 0 Å². The minimum absolute atomic E-state index is 0.0575. The van der Waals surface area contributed by atoms with Crippen molar-refractivity contribution in [1.82, 2.24) is 0 Å². The Balaban J connectivity index is 2.06. The van der Waals surface area contributed by atoms with Crippen LogP contribution in [0, 0.1) is 5.92 Å². The molecule has 3 nitrogen and oxygen atoms in total. The van der Waals surface area contributed by atoms with Gasteiger partial charge in [0.1, 0.15) is 4.75 Å². The third-order valence-electron chi connectivity index (χ3n) is 4.43. The Morgan fingerprint density at radius 3 is 2.00 bits per heavy atom. The van der Waals surface area contributed by atoms with Crippen molar-refractivity contribution in [3.05, 3.63) is 66.2 Å². The summed E-state index contributed by atoms with van der Waals surface area (Å²) in [5.41, 5.74) is 0.654. The lowest BCUT2D eigenvalue weighted by Gasteiger charge is -2.24. The van der Waals surface area contributed by atoms with E-state index in [2.05, 4.69) is 0 Å². The van der Waals surface area contributed by atoms with E-state index >= 15 is 0 Å². The fourth-order valence-corrected chi connectivity index (χ4v) is 5.44. The van der Waals surface area contributed by atoms with Gasteiger partial charge in [0, 0.05) is 0 Å². The van der Waals surface area contributed by atoms with Crippen LogP contribution in [-0.4, -0.2) is 18.3 Å². The van der Waals surface area contributed by atoms with Gasteiger partial charge in [-0.25, -0.2) is 8.42 Å². The maximum absolute atomic E-state index is 13.0. The van der Waals surface area contributed by atoms with Crippen molar-refractivity contribution in [1.29, 1.82) is 0 Å². The number of sulfone groups is 1. The predicted molar refractivity (Wildman–Crippen MR) is 81.5 cm³/mol. The van der Waals surface area contributed by atoms with Gasteiger partial charge in [0.2, 0.25) is 0 Å². The van der Waals surface area contributed by atoms with Crippen LogP contribution in [0.1, 0.15) is 25.0 Å². The third-order valence-corrected chi connectivity index (χ3v) is 7.12. The molecular formula is C17H18O3S. The van der Waals surface area contributed by atoms with E-state index in [1.54, 1.807) is 42.5 Å². The molecule has 1 unspecified atom stereocenters. The normalized spacial score (nSPS) is 26.3. The van der Waals surface area contributed by atoms with E-state index in [0.717, 1.165) is 0 Å². The first kappa shape index (κ1) is 14.3. The predicted octanol–water partition coefficient (Wildman–Crippen LogP) is 2.97. The van der Waals surface area contributed by atoms with E-state index in [1.807, 2.05) is 25.1 Å². The van der Waals surface area contributed by atoms with Crippen LogP contribution in [0.2, 0.25) is 0 Å². The first-order valence-corrected chi connectivity index (χ1v) is 8.51. The summed E-state index contributed by atoms with van der Waals surface area (Å²) in [4.78, 5) is 0.282. The zero-order valence-corrected chi connectivity index (χ0v) is 12.6. The molecule has 0 heterocycles. The van der Waals surface area contributed by atoms with Crippen LogP contribution in [-0.2, 0) is 9.84 Å². The fraction of sp³-hybridized carbons (Fsp3) is 0.294. The van der Waals surface area contributed by atoms with Crippen molar-refractivity contribution in [2.24, 2.45) is 5.92 Å². The largest absolute Gasteiger partial charge is 0.387 e. The summed E-state index contributed by atoms with van der Waals surface area (Å²) in [5, 5.41) is 10.7. The lowest BCUT2D eigenvalue weighted by molar-refractivity contribution is 0.158. The maximum Gasteiger partial charge on any atom is 0.187 e. The summed E-state index contributed by atoms with van der Waals surface area (Å²) in [7, 11) is -3.57. The van der Waals surface area contributed by atoms with Gasteiger partial charge in [-0.1, -0.05) is 55.5 Å². The molecule has 0 radical (unpaired) electrons. The summed E-state index contributed by atoms with van der Waals surface area (Å²) >= 11 is 0. The number of aliphatic hydroxyl groups is 1. The van der Waals surface area contributed by atoms with Crippen LogP contribution in [0.25, 0.3) is 0 Å². The second-order valence-corrected chi connectivity index (χ2v) is 7.93. The molecule has 0 saturated heterocycles. The van der Waals surface area contributed by atoms with Gasteiger partial charge in [-0.2, -0.15) is 0 Å². The monoisotopic (exact) mass is 302 g/mol. The van der Waals surface area contributed by atoms with E-state index < -0.39 is 20.7 Å². The molecule has 0 bridgehead atoms. The Kier molecular flexibility index (Phi) is 3.38. The molecule has 21 heavy (non-hydrogen) atoms. The molecule has 1 aliphatic rings. The van der Waals surface area contributed by atoms with Gasteiger partial charge in [0.25, 0.3) is 0 Å². The van der Waals surface area contributed by atoms with E-state index in [-0.39, 0.29) is 10.8 Å². The summed E-state index contributed by atoms with van der Waals surface area (Å²) in [6, 6.07) is 17.4. The Labute approximate surface area is 125 Å². The summed E-state index contributed by atoms with van der Waals surface area (Å²) in [6.45, 7) is 1.88. The second kappa shape index (κ2) is 4.97. The zero-order valence-electron chi connectivity index (χ0n) is 11.8. The van der Waals surface area contributed by atoms with Crippen molar-refractivity contribution in [2.45, 2.75) is 29.1 Å². The second-order valence-electron chi connectivity index (χ2n) is 5.69. The van der Waals surface area contributed by atoms with Gasteiger partial charge < -0.3 is 5.11 Å². The Morgan fingerprint density at radius 1 is 1.05 bits per heavy atom. The molecular weight excluding hydrogens is 284 g/mol. The van der Waals surface area contributed by atoms with E-state index in [0.29, 0.717) is 12.0 Å². The minimum Gasteiger partial charge on any atom is -0.387 e. The molecule has 0 aromatic heterocycles. The standard InChI is InChI=1S/C17H18O3S/c1-13-12-17(13,16(18)14-8-4-2-5-9-14)21(19,20)15-10-6-3-7-11-15/h2-11,13,16,18H,12H2,1H3/t13-,16?,17-/m0/s1. The highest BCUT2D eigenvalue weighted by Gasteiger charge is 2.66. The Bertz CT molecular complexity index is 725. The lowest BCUT2D eigenvalue weighted by atomic mass is 10.0. The first-order valence-electron chi connectivity index (χ1n) is 7.03. The number of rotatable bonds is 4. The van der Waals surface area contributed by atoms with Crippen LogP contribution in [0.5, 0.6) is 0 Å². The van der Waals surface area contributed by atoms with Crippen molar-refractivity contribution in [3.63, 3.8) is 0 Å². The van der Waals surface area contributed by atoms with Crippen LogP contribution in [0.4, 0.5) is 0 Å². The van der Waals surface area contributed by atoms with Gasteiger partial charge in [0.15, 0.2) is 9.84 Å². The quantitative estimate of drug-likeness (QED) is 0.944. The molecule has 2 aromatic carbocycles. The molecule has 0 amide bonds. The average molecular weight is 302 g/mol. The van der Waals surface area contributed by atoms with Crippen LogP contribution in [0.15, 0.2) is 65.6 Å². The summed E-state index contributed by atoms with van der Waals surface area (Å²) in [5.74, 6) is -0.0575. The van der Waals surface area contributed by atoms with Crippen molar-refractivity contribution in [2.75, 3.05) is 0 Å². The van der Waals surface area contributed by atoms with Crippen LogP contribution in [0.3, 0.4) is 0 Å². The molecule has 0 aliphatic heterocycles. The minimum atomic E-state index is -3.57. The first-order chi connectivity index (χ1) is 10.00. The summed E-state index contributed by atoms with van der Waals surface area (Å²) in [6.07, 6.45) is -0.515. The highest BCUT2D eigenvalue weighted by Crippen LogP contribution is 2.59. The Hall–Kier alpha value is -1.65. The highest BCUT2D eigenvalue weighted by molar-refractivity contribution is 7.93. The number of benzene rings is 2. The van der Waals surface area contributed by atoms with E-state index in [9.17, 15) is 13.5 Å². The fourth-order valence-electron chi connectivity index (χ4n) is 3.06. The lowest BCUT2D eigenvalue weighted by Crippen LogP contribution is -2.32. The van der Waals surface area contributed by atoms with Gasteiger partial charge in [-0.05, 0) is 30.0 Å². The molecule has 1 aliphatic carbocycles. The molecule has 3 atom stereocenters. The van der Waals surface area contributed by atoms with Gasteiger partial charge in [0.05, 0.1) is 11.0 Å². The third kappa shape index (κ3) is 2.10. The molecule has 1 N–H and O–H groups in total. The molecule has 1 fully saturated rings. The van der Waals surface area contributed by atoms with Gasteiger partial charge in [-0.15, -0.1) is 0 Å². The highest BCUT2D eigenvalue weighted by atomic mass is 32.2. The Morgan fingerprint density at radius 2 is 1.52 bits per heavy atom. The zero-order chi connectivity index (χ0) is 15.1. The van der Waals surface area contributed by atoms with E-state index in [1.165, 1.54) is 0 Å². The van der Waals surface area contributed by atoms with Crippen molar-refractivity contribution < 1.29 is 13.5 Å². The van der Waals surface area contributed by atoms with Crippen LogP contribution < -0.4 is 0 Å². The molecule has 1 saturated carbocycles. The number of aliphatic hydroxyl groups excluding tert-OH is 1. The molecule has 0 spiro atoms. The van der Waals surface area contributed by atoms with Crippen molar-refractivity contribution >= 4 is 9.84 Å². The molecule has 4 heteroatoms. The average Bonchev–Trinajstić information content (AvgIpc) is 3.21. The molecule has 2 aromatic rings. The maximum atomic E-state index is 13.0. The SMILES string of the molecule is C[C@H]1C[C@]1(C(O)c1ccccc1)S(=O)(=O)c1ccccc1. The topological polar surface area (TPSA) is 54.4 Å². The van der Waals surface area contributed by atoms with Gasteiger partial charge in [-0.3, -0.25) is 0 Å². The number of hydrogen-bond acceptors (Lipinski definition) is 3. The van der Waals surface area contributed by atoms with Crippen molar-refractivity contribution in [3.8, 4) is 0 Å². The van der Waals surface area contributed by atoms with Gasteiger partial charge >= 0.3 is 0 Å². The summed E-state index contributed by atoms with van der Waals surface area (Å²) < 4.78 is 24.9.